The standard InChI is InChI=1S/C41H72N7O17P3S/c1-4-5-6-7-8-9-10-11-12-13-14-15-16-17-18-19-20-21-32(50)69-25-24-43-31(49)22-23-44-39(53)36(52)41(2,3)27-62-68(59,60)65-67(57,58)61-26-30-35(64-66(54,55)56)34(51)40(63-30)48-29-47-33-37(42)45-28-46-38(33)48/h9-10,28-30,34-36,40,51-52H,4-8,11-27H2,1-3H3,(H,43,49)(H,44,53)(H,57,58)(H,59,60)(H2,42,45,46)(H2,54,55,56)/b10-9+. The van der Waals surface area contributed by atoms with Gasteiger partial charge in [-0.2, -0.15) is 4.31 Å². The summed E-state index contributed by atoms with van der Waals surface area (Å²) >= 11 is 1.15. The highest BCUT2D eigenvalue weighted by Gasteiger charge is 2.50. The zero-order chi connectivity index (χ0) is 51.1. The molecule has 0 aromatic carbocycles. The van der Waals surface area contributed by atoms with Crippen LogP contribution in [0.25, 0.3) is 11.2 Å². The molecule has 1 aliphatic heterocycles. The summed E-state index contributed by atoms with van der Waals surface area (Å²) < 4.78 is 62.5. The Bertz CT molecular complexity index is 2080. The highest BCUT2D eigenvalue weighted by Crippen LogP contribution is 2.61. The number of fused-ring (bicyclic) bond motifs is 1. The summed E-state index contributed by atoms with van der Waals surface area (Å²) in [6.07, 6.45) is 16.3. The number of phosphoric acid groups is 3. The van der Waals surface area contributed by atoms with Crippen molar-refractivity contribution in [3.8, 4) is 0 Å². The van der Waals surface area contributed by atoms with Crippen LogP contribution in [-0.4, -0.2) is 123 Å². The van der Waals surface area contributed by atoms with Crippen molar-refractivity contribution < 1.29 is 80.5 Å². The van der Waals surface area contributed by atoms with E-state index in [4.69, 9.17) is 19.5 Å². The minimum absolute atomic E-state index is 0.0335. The van der Waals surface area contributed by atoms with Crippen LogP contribution in [0.4, 0.5) is 5.82 Å². The van der Waals surface area contributed by atoms with Crippen LogP contribution in [0.2, 0.25) is 0 Å². The topological polar surface area (TPSA) is 364 Å². The van der Waals surface area contributed by atoms with E-state index in [1.54, 1.807) is 0 Å². The van der Waals surface area contributed by atoms with Crippen molar-refractivity contribution >= 4 is 69.1 Å². The number of unbranched alkanes of at least 4 members (excludes halogenated alkanes) is 13. The molecule has 394 valence electrons. The largest absolute Gasteiger partial charge is 0.481 e. The maximum absolute atomic E-state index is 12.7. The van der Waals surface area contributed by atoms with Crippen molar-refractivity contribution in [1.29, 1.82) is 0 Å². The fourth-order valence-corrected chi connectivity index (χ4v) is 10.6. The fourth-order valence-electron chi connectivity index (χ4n) is 7.06. The van der Waals surface area contributed by atoms with Crippen LogP contribution in [0.5, 0.6) is 0 Å². The van der Waals surface area contributed by atoms with Gasteiger partial charge in [-0.25, -0.2) is 28.6 Å². The van der Waals surface area contributed by atoms with Crippen molar-refractivity contribution in [2.45, 2.75) is 161 Å². The average Bonchev–Trinajstić information content (AvgIpc) is 3.84. The first-order chi connectivity index (χ1) is 32.6. The van der Waals surface area contributed by atoms with Crippen LogP contribution in [0.15, 0.2) is 24.8 Å². The lowest BCUT2D eigenvalue weighted by Crippen LogP contribution is -2.46. The lowest BCUT2D eigenvalue weighted by Gasteiger charge is -2.30. The number of phosphoric ester groups is 3. The maximum atomic E-state index is 12.7. The highest BCUT2D eigenvalue weighted by molar-refractivity contribution is 8.13. The number of imidazole rings is 1. The van der Waals surface area contributed by atoms with Gasteiger partial charge in [-0.05, 0) is 32.1 Å². The fraction of sp³-hybridized carbons (Fsp3) is 0.756. The summed E-state index contributed by atoms with van der Waals surface area (Å²) in [7, 11) is -16.4. The van der Waals surface area contributed by atoms with Gasteiger partial charge in [0.1, 0.15) is 36.3 Å². The second-order valence-electron chi connectivity index (χ2n) is 17.3. The van der Waals surface area contributed by atoms with E-state index >= 15 is 0 Å². The van der Waals surface area contributed by atoms with Crippen molar-refractivity contribution in [3.05, 3.63) is 24.8 Å². The van der Waals surface area contributed by atoms with E-state index in [1.165, 1.54) is 90.9 Å². The molecular weight excluding hydrogens is 987 g/mol. The number of nitrogens with one attached hydrogen (secondary N) is 2. The molecule has 0 radical (unpaired) electrons. The summed E-state index contributed by atoms with van der Waals surface area (Å²) in [6.45, 7) is 2.81. The zero-order valence-corrected chi connectivity index (χ0v) is 43.0. The molecule has 1 aliphatic rings. The summed E-state index contributed by atoms with van der Waals surface area (Å²) in [5, 5.41) is 26.7. The van der Waals surface area contributed by atoms with E-state index in [0.717, 1.165) is 48.2 Å². The van der Waals surface area contributed by atoms with Crippen LogP contribution in [-0.2, 0) is 50.7 Å². The molecule has 2 aromatic heterocycles. The number of ether oxygens (including phenoxy) is 1. The number of amides is 2. The number of nitrogens with two attached hydrogens (primary N) is 1. The Balaban J connectivity index is 1.27. The molecule has 3 heterocycles. The molecule has 0 bridgehead atoms. The Morgan fingerprint density at radius 2 is 1.48 bits per heavy atom. The minimum atomic E-state index is -5.58. The number of carbonyl (C=O) groups is 3. The summed E-state index contributed by atoms with van der Waals surface area (Å²) in [4.78, 5) is 88.4. The Kier molecular flexibility index (Phi) is 26.7. The number of rotatable bonds is 36. The molecule has 24 nitrogen and oxygen atoms in total. The van der Waals surface area contributed by atoms with E-state index in [-0.39, 0.29) is 41.6 Å². The third-order valence-electron chi connectivity index (χ3n) is 10.9. The molecule has 7 atom stereocenters. The molecule has 3 rings (SSSR count). The maximum Gasteiger partial charge on any atom is 0.481 e. The van der Waals surface area contributed by atoms with Crippen LogP contribution in [0, 0.1) is 5.41 Å². The number of anilines is 1. The predicted octanol–water partition coefficient (Wildman–Crippen LogP) is 5.48. The number of aliphatic hydroxyl groups is 2. The summed E-state index contributed by atoms with van der Waals surface area (Å²) in [6, 6.07) is 0. The van der Waals surface area contributed by atoms with Crippen molar-refractivity contribution in [2.75, 3.05) is 37.8 Å². The third-order valence-corrected chi connectivity index (χ3v) is 14.9. The second-order valence-corrected chi connectivity index (χ2v) is 22.7. The van der Waals surface area contributed by atoms with E-state index in [2.05, 4.69) is 53.5 Å². The van der Waals surface area contributed by atoms with Gasteiger partial charge in [0.25, 0.3) is 0 Å². The molecule has 0 spiro atoms. The van der Waals surface area contributed by atoms with Gasteiger partial charge in [0.2, 0.25) is 11.8 Å². The van der Waals surface area contributed by atoms with Gasteiger partial charge < -0.3 is 50.9 Å². The lowest BCUT2D eigenvalue weighted by atomic mass is 9.87. The van der Waals surface area contributed by atoms with Crippen molar-refractivity contribution in [1.82, 2.24) is 30.2 Å². The lowest BCUT2D eigenvalue weighted by molar-refractivity contribution is -0.137. The summed E-state index contributed by atoms with van der Waals surface area (Å²) in [5.74, 6) is -1.02. The smallest absolute Gasteiger partial charge is 0.386 e. The number of carbonyl (C=O) groups excluding carboxylic acids is 3. The Morgan fingerprint density at radius 1 is 0.870 bits per heavy atom. The Hall–Kier alpha value is -2.70. The second kappa shape index (κ2) is 30.4. The number of aliphatic hydroxyl groups excluding tert-OH is 2. The number of aromatic nitrogens is 4. The Morgan fingerprint density at radius 3 is 2.12 bits per heavy atom. The monoisotopic (exact) mass is 1060 g/mol. The molecule has 0 aliphatic carbocycles. The number of allylic oxidation sites excluding steroid dienone is 2. The van der Waals surface area contributed by atoms with Gasteiger partial charge in [-0.15, -0.1) is 0 Å². The number of thioether (sulfide) groups is 1. The molecular formula is C41H72N7O17P3S. The average molecular weight is 1060 g/mol. The highest BCUT2D eigenvalue weighted by atomic mass is 32.2. The third kappa shape index (κ3) is 23.2. The number of hydrogen-bond donors (Lipinski definition) is 9. The quantitative estimate of drug-likeness (QED) is 0.0232. The van der Waals surface area contributed by atoms with Crippen LogP contribution < -0.4 is 16.4 Å². The van der Waals surface area contributed by atoms with Gasteiger partial charge in [-0.3, -0.25) is 32.5 Å². The van der Waals surface area contributed by atoms with Crippen LogP contribution >= 0.6 is 35.2 Å². The molecule has 2 amide bonds. The normalized spacial score (nSPS) is 20.0. The van der Waals surface area contributed by atoms with Gasteiger partial charge in [0.15, 0.2) is 22.8 Å². The van der Waals surface area contributed by atoms with Crippen molar-refractivity contribution in [2.24, 2.45) is 5.41 Å². The molecule has 7 unspecified atom stereocenters. The van der Waals surface area contributed by atoms with Crippen LogP contribution in [0.3, 0.4) is 0 Å². The van der Waals surface area contributed by atoms with Gasteiger partial charge in [0.05, 0.1) is 19.5 Å². The van der Waals surface area contributed by atoms with Crippen molar-refractivity contribution in [3.63, 3.8) is 0 Å². The van der Waals surface area contributed by atoms with E-state index in [1.807, 2.05) is 0 Å². The molecule has 1 fully saturated rings. The molecule has 0 saturated carbocycles. The molecule has 10 N–H and O–H groups in total. The van der Waals surface area contributed by atoms with Gasteiger partial charge >= 0.3 is 23.5 Å². The number of nitrogens with zero attached hydrogens (tertiary/aromatic N) is 4. The number of hydrogen-bond acceptors (Lipinski definition) is 18. The molecule has 2 aromatic rings. The number of nitrogen functional groups attached to an aromatic ring is 1. The van der Waals surface area contributed by atoms with Crippen LogP contribution in [0.1, 0.15) is 136 Å². The molecule has 69 heavy (non-hydrogen) atoms. The minimum Gasteiger partial charge on any atom is -0.386 e. The van der Waals surface area contributed by atoms with E-state index < -0.39 is 84.6 Å². The summed E-state index contributed by atoms with van der Waals surface area (Å²) in [5.41, 5.74) is 4.29. The molecule has 1 saturated heterocycles. The first kappa shape index (κ1) is 60.6. The van der Waals surface area contributed by atoms with Gasteiger partial charge in [0, 0.05) is 37.1 Å². The van der Waals surface area contributed by atoms with Gasteiger partial charge in [-0.1, -0.05) is 109 Å². The SMILES string of the molecule is CCCCCC/C=C/CCCCCCCCCCCC(=O)SCCNC(=O)CCNC(=O)C(O)C(C)(C)COP(=O)(O)OP(=O)(O)OCC1OC(n2cnc3c(N)ncnc32)C(O)C1OP(=O)(O)O. The predicted molar refractivity (Wildman–Crippen MR) is 256 cm³/mol. The Labute approximate surface area is 407 Å². The first-order valence-corrected chi connectivity index (χ1v) is 28.8. The van der Waals surface area contributed by atoms with E-state index in [9.17, 15) is 57.9 Å². The first-order valence-electron chi connectivity index (χ1n) is 23.3. The van der Waals surface area contributed by atoms with E-state index in [0.29, 0.717) is 12.2 Å². The molecule has 28 heteroatoms. The zero-order valence-electron chi connectivity index (χ0n) is 39.5.